The van der Waals surface area contributed by atoms with E-state index in [1.54, 1.807) is 0 Å². The van der Waals surface area contributed by atoms with Gasteiger partial charge in [0.15, 0.2) is 0 Å². The maximum absolute atomic E-state index is 2.55. The fraction of sp³-hybridized carbons (Fsp3) is 0.0556. The molecule has 2 nitrogen and oxygen atoms in total. The minimum atomic E-state index is 0.194. The van der Waals surface area contributed by atoms with Gasteiger partial charge in [0.2, 0.25) is 0 Å². The van der Waals surface area contributed by atoms with Crippen LogP contribution in [0.3, 0.4) is 0 Å². The van der Waals surface area contributed by atoms with Crippen molar-refractivity contribution in [3.8, 4) is 33.9 Å². The highest BCUT2D eigenvalue weighted by Crippen LogP contribution is 2.41. The van der Waals surface area contributed by atoms with E-state index in [1.807, 2.05) is 0 Å². The Morgan fingerprint density at radius 1 is 0.462 bits per heavy atom. The predicted octanol–water partition coefficient (Wildman–Crippen LogP) is 6.67. The molecule has 2 aliphatic rings. The SMILES string of the molecule is Cc1c(-c2ccccc2)n2c3c(cccc13)B1c3c-2cccc3-n2c(-c3ccccc3)c(C)c3cccc1c32. The largest absolute Gasteiger partial charge is 0.310 e. The first-order chi connectivity index (χ1) is 19.2. The van der Waals surface area contributed by atoms with Crippen LogP contribution in [0.5, 0.6) is 0 Å². The van der Waals surface area contributed by atoms with Crippen molar-refractivity contribution in [3.05, 3.63) is 126 Å². The van der Waals surface area contributed by atoms with Crippen molar-refractivity contribution in [2.45, 2.75) is 13.8 Å². The summed E-state index contributed by atoms with van der Waals surface area (Å²) in [5.74, 6) is 0. The third-order valence-corrected chi connectivity index (χ3v) is 9.09. The Morgan fingerprint density at radius 2 is 0.897 bits per heavy atom. The normalized spacial score (nSPS) is 12.8. The molecule has 182 valence electrons. The molecule has 0 aliphatic carbocycles. The van der Waals surface area contributed by atoms with Crippen LogP contribution in [0.15, 0.2) is 115 Å². The maximum Gasteiger partial charge on any atom is 0.252 e. The molecule has 5 aromatic carbocycles. The molecule has 2 aliphatic heterocycles. The van der Waals surface area contributed by atoms with Crippen LogP contribution in [0.1, 0.15) is 11.1 Å². The van der Waals surface area contributed by atoms with Crippen LogP contribution < -0.4 is 16.4 Å². The Hall–Kier alpha value is -4.76. The van der Waals surface area contributed by atoms with E-state index in [1.165, 1.54) is 83.2 Å². The monoisotopic (exact) mass is 496 g/mol. The molecule has 0 amide bonds. The molecule has 3 heteroatoms. The lowest BCUT2D eigenvalue weighted by atomic mass is 9.34. The number of aryl methyl sites for hydroxylation is 2. The fourth-order valence-electron chi connectivity index (χ4n) is 7.58. The van der Waals surface area contributed by atoms with Crippen LogP contribution in [0.25, 0.3) is 55.7 Å². The number of hydrogen-bond donors (Lipinski definition) is 0. The van der Waals surface area contributed by atoms with Crippen LogP contribution in [0.2, 0.25) is 0 Å². The molecule has 0 spiro atoms. The Morgan fingerprint density at radius 3 is 1.36 bits per heavy atom. The van der Waals surface area contributed by atoms with Crippen molar-refractivity contribution in [1.82, 2.24) is 9.13 Å². The summed E-state index contributed by atoms with van der Waals surface area (Å²) in [7, 11) is 0. The van der Waals surface area contributed by atoms with Crippen molar-refractivity contribution in [1.29, 1.82) is 0 Å². The average molecular weight is 496 g/mol. The number of rotatable bonds is 2. The fourth-order valence-corrected chi connectivity index (χ4v) is 7.58. The lowest BCUT2D eigenvalue weighted by Crippen LogP contribution is -2.59. The van der Waals surface area contributed by atoms with Crippen LogP contribution in [-0.4, -0.2) is 15.8 Å². The van der Waals surface area contributed by atoms with Gasteiger partial charge in [-0.3, -0.25) is 0 Å². The lowest BCUT2D eigenvalue weighted by molar-refractivity contribution is 1.09. The van der Waals surface area contributed by atoms with Gasteiger partial charge in [-0.2, -0.15) is 0 Å². The average Bonchev–Trinajstić information content (AvgIpc) is 3.46. The second-order valence-electron chi connectivity index (χ2n) is 11.0. The first-order valence-electron chi connectivity index (χ1n) is 13.8. The summed E-state index contributed by atoms with van der Waals surface area (Å²) in [6, 6.07) is 42.5. The highest BCUT2D eigenvalue weighted by atomic mass is 15.0. The number of nitrogens with zero attached hydrogens (tertiary/aromatic N) is 2. The van der Waals surface area contributed by atoms with E-state index in [0.717, 1.165) is 0 Å². The first kappa shape index (κ1) is 21.2. The number of fused-ring (bicyclic) bond motifs is 4. The van der Waals surface area contributed by atoms with Gasteiger partial charge >= 0.3 is 0 Å². The molecule has 0 atom stereocenters. The third-order valence-electron chi connectivity index (χ3n) is 9.09. The summed E-state index contributed by atoms with van der Waals surface area (Å²) in [5, 5.41) is 2.69. The number of para-hydroxylation sites is 2. The van der Waals surface area contributed by atoms with E-state index in [2.05, 4.69) is 138 Å². The van der Waals surface area contributed by atoms with E-state index in [-0.39, 0.29) is 6.71 Å². The third kappa shape index (κ3) is 2.53. The quantitative estimate of drug-likeness (QED) is 0.237. The highest BCUT2D eigenvalue weighted by molar-refractivity contribution is 7.00. The summed E-state index contributed by atoms with van der Waals surface area (Å²) in [6.45, 7) is 4.77. The van der Waals surface area contributed by atoms with Gasteiger partial charge in [-0.1, -0.05) is 103 Å². The molecule has 0 saturated heterocycles. The molecule has 9 rings (SSSR count). The Kier molecular flexibility index (Phi) is 4.04. The zero-order valence-corrected chi connectivity index (χ0v) is 21.9. The van der Waals surface area contributed by atoms with E-state index in [9.17, 15) is 0 Å². The molecule has 39 heavy (non-hydrogen) atoms. The van der Waals surface area contributed by atoms with Crippen LogP contribution >= 0.6 is 0 Å². The van der Waals surface area contributed by atoms with E-state index >= 15 is 0 Å². The van der Waals surface area contributed by atoms with Gasteiger partial charge in [0.25, 0.3) is 6.71 Å². The molecule has 2 aromatic heterocycles. The van der Waals surface area contributed by atoms with E-state index in [4.69, 9.17) is 0 Å². The van der Waals surface area contributed by atoms with Crippen LogP contribution in [0, 0.1) is 13.8 Å². The minimum Gasteiger partial charge on any atom is -0.310 e. The Bertz CT molecular complexity index is 1980. The van der Waals surface area contributed by atoms with Gasteiger partial charge in [0.1, 0.15) is 0 Å². The zero-order valence-electron chi connectivity index (χ0n) is 21.9. The number of hydrogen-bond acceptors (Lipinski definition) is 0. The second kappa shape index (κ2) is 7.42. The van der Waals surface area contributed by atoms with Crippen molar-refractivity contribution in [2.24, 2.45) is 0 Å². The summed E-state index contributed by atoms with van der Waals surface area (Å²) in [5.41, 5.74) is 17.3. The van der Waals surface area contributed by atoms with Gasteiger partial charge in [-0.05, 0) is 64.6 Å². The maximum atomic E-state index is 2.55. The van der Waals surface area contributed by atoms with Gasteiger partial charge in [-0.25, -0.2) is 0 Å². The van der Waals surface area contributed by atoms with E-state index < -0.39 is 0 Å². The van der Waals surface area contributed by atoms with Crippen molar-refractivity contribution in [3.63, 3.8) is 0 Å². The van der Waals surface area contributed by atoms with Crippen molar-refractivity contribution in [2.75, 3.05) is 0 Å². The van der Waals surface area contributed by atoms with Crippen molar-refractivity contribution < 1.29 is 0 Å². The molecular formula is C36H25BN2. The van der Waals surface area contributed by atoms with Gasteiger partial charge in [0.05, 0.1) is 11.4 Å². The van der Waals surface area contributed by atoms with Crippen molar-refractivity contribution >= 4 is 44.9 Å². The summed E-state index contributed by atoms with van der Waals surface area (Å²) in [6.07, 6.45) is 0. The molecule has 4 heterocycles. The number of aromatic nitrogens is 2. The first-order valence-corrected chi connectivity index (χ1v) is 13.8. The summed E-state index contributed by atoms with van der Waals surface area (Å²) >= 11 is 0. The van der Waals surface area contributed by atoms with Gasteiger partial charge in [0, 0.05) is 33.2 Å². The zero-order chi connectivity index (χ0) is 25.8. The molecular weight excluding hydrogens is 471 g/mol. The van der Waals surface area contributed by atoms with Gasteiger partial charge < -0.3 is 9.13 Å². The molecule has 0 bridgehead atoms. The second-order valence-corrected chi connectivity index (χ2v) is 11.0. The molecule has 0 fully saturated rings. The molecule has 7 aromatic rings. The molecule has 0 radical (unpaired) electrons. The van der Waals surface area contributed by atoms with Crippen LogP contribution in [0.4, 0.5) is 0 Å². The highest BCUT2D eigenvalue weighted by Gasteiger charge is 2.41. The Labute approximate surface area is 227 Å². The van der Waals surface area contributed by atoms with E-state index in [0.29, 0.717) is 0 Å². The Balaban J connectivity index is 1.49. The summed E-state index contributed by atoms with van der Waals surface area (Å²) in [4.78, 5) is 0. The predicted molar refractivity (Wildman–Crippen MR) is 165 cm³/mol. The summed E-state index contributed by atoms with van der Waals surface area (Å²) < 4.78 is 5.10. The number of benzene rings is 5. The minimum absolute atomic E-state index is 0.194. The van der Waals surface area contributed by atoms with Crippen LogP contribution in [-0.2, 0) is 0 Å². The lowest BCUT2D eigenvalue weighted by Gasteiger charge is -2.34. The standard InChI is InChI=1S/C36H25BN2/c1-22-26-16-9-18-28-35(26)38(33(22)24-12-5-3-6-13-24)30-20-11-21-31-32(30)37(28)29-19-10-17-27-23(2)34(39(31)36(27)29)25-14-7-4-8-15-25/h3-21H,1-2H3. The molecule has 0 unspecified atom stereocenters. The topological polar surface area (TPSA) is 9.86 Å². The smallest absolute Gasteiger partial charge is 0.252 e. The molecule has 0 N–H and O–H groups in total. The molecule has 0 saturated carbocycles. The van der Waals surface area contributed by atoms with Gasteiger partial charge in [-0.15, -0.1) is 0 Å².